The fraction of sp³-hybridized carbons (Fsp3) is 0.556. The predicted molar refractivity (Wildman–Crippen MR) is 51.1 cm³/mol. The molecule has 2 amide bonds. The molecule has 4 nitrogen and oxygen atoms in total. The fourth-order valence-electron chi connectivity index (χ4n) is 0.787. The molecule has 0 radical (unpaired) electrons. The molecule has 0 spiro atoms. The monoisotopic (exact) mass is 184 g/mol. The molecule has 0 saturated carbocycles. The Bertz CT molecular complexity index is 222. The lowest BCUT2D eigenvalue weighted by Crippen LogP contribution is -2.26. The van der Waals surface area contributed by atoms with Gasteiger partial charge in [0.25, 0.3) is 0 Å². The van der Waals surface area contributed by atoms with Crippen LogP contribution < -0.4 is 10.6 Å². The highest BCUT2D eigenvalue weighted by atomic mass is 16.2. The normalized spacial score (nSPS) is 10.8. The molecule has 0 aliphatic rings. The molecular formula is C9H16N2O2. The van der Waals surface area contributed by atoms with E-state index in [1.807, 2.05) is 13.8 Å². The van der Waals surface area contributed by atoms with Gasteiger partial charge >= 0.3 is 0 Å². The Morgan fingerprint density at radius 2 is 1.69 bits per heavy atom. The smallest absolute Gasteiger partial charge is 0.247 e. The number of hydrogen-bond donors (Lipinski definition) is 2. The summed E-state index contributed by atoms with van der Waals surface area (Å²) in [5, 5.41) is 5.18. The van der Waals surface area contributed by atoms with Gasteiger partial charge in [0, 0.05) is 24.7 Å². The maximum absolute atomic E-state index is 11.1. The van der Waals surface area contributed by atoms with Crippen molar-refractivity contribution in [2.75, 3.05) is 13.1 Å². The van der Waals surface area contributed by atoms with E-state index in [0.29, 0.717) is 18.7 Å². The summed E-state index contributed by atoms with van der Waals surface area (Å²) in [6.07, 6.45) is 1.30. The van der Waals surface area contributed by atoms with Crippen LogP contribution in [0.2, 0.25) is 0 Å². The molecule has 0 fully saturated rings. The lowest BCUT2D eigenvalue weighted by molar-refractivity contribution is -0.119. The first-order valence-electron chi connectivity index (χ1n) is 4.36. The molecule has 0 aliphatic carbocycles. The summed E-state index contributed by atoms with van der Waals surface area (Å²) in [5.41, 5.74) is 0.424. The molecule has 0 heterocycles. The summed E-state index contributed by atoms with van der Waals surface area (Å²) in [6, 6.07) is 0. The number of hydrogen-bond acceptors (Lipinski definition) is 2. The first-order chi connectivity index (χ1) is 6.11. The van der Waals surface area contributed by atoms with Gasteiger partial charge in [0.2, 0.25) is 11.8 Å². The van der Waals surface area contributed by atoms with E-state index >= 15 is 0 Å². The fourth-order valence-corrected chi connectivity index (χ4v) is 0.787. The molecular weight excluding hydrogens is 168 g/mol. The number of nitrogens with one attached hydrogen (secondary N) is 2. The summed E-state index contributed by atoms with van der Waals surface area (Å²) in [6.45, 7) is 6.40. The Hall–Kier alpha value is -1.32. The van der Waals surface area contributed by atoms with Gasteiger partial charge in [0.15, 0.2) is 0 Å². The standard InChI is InChI=1S/C9H16N2O2/c1-4-10-8(12)6-7(3)9(13)11-5-2/h6H,4-5H2,1-3H3,(H,10,12)(H,11,13). The number of carbonyl (C=O) groups excluding carboxylic acids is 2. The number of amides is 2. The van der Waals surface area contributed by atoms with E-state index < -0.39 is 0 Å². The minimum Gasteiger partial charge on any atom is -0.353 e. The summed E-state index contributed by atoms with van der Waals surface area (Å²) in [4.78, 5) is 22.1. The van der Waals surface area contributed by atoms with Crippen molar-refractivity contribution in [3.8, 4) is 0 Å². The second-order valence-electron chi connectivity index (χ2n) is 2.58. The maximum atomic E-state index is 11.1. The summed E-state index contributed by atoms with van der Waals surface area (Å²) in [7, 11) is 0. The third kappa shape index (κ3) is 5.00. The van der Waals surface area contributed by atoms with Gasteiger partial charge in [-0.05, 0) is 20.8 Å². The van der Waals surface area contributed by atoms with Crippen LogP contribution in [0.5, 0.6) is 0 Å². The third-order valence-electron chi connectivity index (χ3n) is 1.39. The Morgan fingerprint density at radius 3 is 2.15 bits per heavy atom. The van der Waals surface area contributed by atoms with E-state index in [1.54, 1.807) is 6.92 Å². The van der Waals surface area contributed by atoms with E-state index in [-0.39, 0.29) is 11.8 Å². The van der Waals surface area contributed by atoms with Gasteiger partial charge < -0.3 is 10.6 Å². The van der Waals surface area contributed by atoms with Crippen molar-refractivity contribution in [1.29, 1.82) is 0 Å². The quantitative estimate of drug-likeness (QED) is 0.613. The number of carbonyl (C=O) groups is 2. The zero-order chi connectivity index (χ0) is 10.3. The van der Waals surface area contributed by atoms with E-state index in [2.05, 4.69) is 10.6 Å². The largest absolute Gasteiger partial charge is 0.353 e. The van der Waals surface area contributed by atoms with Crippen LogP contribution in [0.25, 0.3) is 0 Å². The van der Waals surface area contributed by atoms with Crippen LogP contribution in [0.1, 0.15) is 20.8 Å². The van der Waals surface area contributed by atoms with E-state index in [0.717, 1.165) is 0 Å². The second-order valence-corrected chi connectivity index (χ2v) is 2.58. The Balaban J connectivity index is 4.14. The van der Waals surface area contributed by atoms with Crippen molar-refractivity contribution in [3.05, 3.63) is 11.6 Å². The van der Waals surface area contributed by atoms with Crippen molar-refractivity contribution in [1.82, 2.24) is 10.6 Å². The molecule has 4 heteroatoms. The summed E-state index contributed by atoms with van der Waals surface area (Å²) >= 11 is 0. The summed E-state index contributed by atoms with van der Waals surface area (Å²) in [5.74, 6) is -0.431. The van der Waals surface area contributed by atoms with Crippen molar-refractivity contribution < 1.29 is 9.59 Å². The van der Waals surface area contributed by atoms with Crippen molar-refractivity contribution >= 4 is 11.8 Å². The average molecular weight is 184 g/mol. The summed E-state index contributed by atoms with van der Waals surface area (Å²) < 4.78 is 0. The lowest BCUT2D eigenvalue weighted by atomic mass is 10.2. The SMILES string of the molecule is CCNC(=O)C=C(C)C(=O)NCC. The van der Waals surface area contributed by atoms with Crippen LogP contribution in [-0.2, 0) is 9.59 Å². The number of rotatable bonds is 4. The number of likely N-dealkylation sites (N-methyl/N-ethyl adjacent to an activating group) is 2. The molecule has 0 aliphatic heterocycles. The van der Waals surface area contributed by atoms with Gasteiger partial charge in [0.05, 0.1) is 0 Å². The third-order valence-corrected chi connectivity index (χ3v) is 1.39. The van der Waals surface area contributed by atoms with Gasteiger partial charge in [-0.15, -0.1) is 0 Å². The van der Waals surface area contributed by atoms with E-state index in [4.69, 9.17) is 0 Å². The first-order valence-corrected chi connectivity index (χ1v) is 4.36. The van der Waals surface area contributed by atoms with Crippen LogP contribution in [0, 0.1) is 0 Å². The zero-order valence-electron chi connectivity index (χ0n) is 8.31. The predicted octanol–water partition coefficient (Wildman–Crippen LogP) is 0.205. The van der Waals surface area contributed by atoms with Crippen molar-refractivity contribution in [3.63, 3.8) is 0 Å². The van der Waals surface area contributed by atoms with Crippen LogP contribution in [0.3, 0.4) is 0 Å². The molecule has 0 bridgehead atoms. The second kappa shape index (κ2) is 6.22. The van der Waals surface area contributed by atoms with Gasteiger partial charge in [-0.25, -0.2) is 0 Å². The Morgan fingerprint density at radius 1 is 1.15 bits per heavy atom. The minimum absolute atomic E-state index is 0.200. The van der Waals surface area contributed by atoms with Gasteiger partial charge in [-0.3, -0.25) is 9.59 Å². The lowest BCUT2D eigenvalue weighted by Gasteiger charge is -2.01. The maximum Gasteiger partial charge on any atom is 0.247 e. The van der Waals surface area contributed by atoms with Crippen molar-refractivity contribution in [2.45, 2.75) is 20.8 Å². The van der Waals surface area contributed by atoms with E-state index in [1.165, 1.54) is 6.08 Å². The zero-order valence-corrected chi connectivity index (χ0v) is 8.31. The molecule has 13 heavy (non-hydrogen) atoms. The van der Waals surface area contributed by atoms with Crippen LogP contribution >= 0.6 is 0 Å². The Kier molecular flexibility index (Phi) is 5.59. The molecule has 0 atom stereocenters. The van der Waals surface area contributed by atoms with Crippen LogP contribution in [0.4, 0.5) is 0 Å². The van der Waals surface area contributed by atoms with Crippen LogP contribution in [0.15, 0.2) is 11.6 Å². The molecule has 2 N–H and O–H groups in total. The molecule has 0 unspecified atom stereocenters. The highest BCUT2D eigenvalue weighted by molar-refractivity contribution is 6.00. The van der Waals surface area contributed by atoms with Crippen LogP contribution in [-0.4, -0.2) is 24.9 Å². The molecule has 0 aromatic rings. The topological polar surface area (TPSA) is 58.2 Å². The highest BCUT2D eigenvalue weighted by Crippen LogP contribution is 1.91. The minimum atomic E-state index is -0.230. The molecule has 0 rings (SSSR count). The average Bonchev–Trinajstić information content (AvgIpc) is 2.05. The Labute approximate surface area is 78.4 Å². The molecule has 0 aromatic heterocycles. The van der Waals surface area contributed by atoms with Gasteiger partial charge in [-0.1, -0.05) is 0 Å². The van der Waals surface area contributed by atoms with Crippen molar-refractivity contribution in [2.24, 2.45) is 0 Å². The van der Waals surface area contributed by atoms with Gasteiger partial charge in [0.1, 0.15) is 0 Å². The molecule has 0 aromatic carbocycles. The van der Waals surface area contributed by atoms with Gasteiger partial charge in [-0.2, -0.15) is 0 Å². The molecule has 0 saturated heterocycles. The first kappa shape index (κ1) is 11.7. The molecule has 74 valence electrons. The highest BCUT2D eigenvalue weighted by Gasteiger charge is 2.03. The van der Waals surface area contributed by atoms with E-state index in [9.17, 15) is 9.59 Å².